The summed E-state index contributed by atoms with van der Waals surface area (Å²) in [7, 11) is 0. The molecule has 2 rings (SSSR count). The fourth-order valence-electron chi connectivity index (χ4n) is 1.54. The van der Waals surface area contributed by atoms with Crippen molar-refractivity contribution in [1.82, 2.24) is 5.32 Å². The number of halogens is 1. The first-order valence-corrected chi connectivity index (χ1v) is 5.70. The summed E-state index contributed by atoms with van der Waals surface area (Å²) in [6.07, 6.45) is 2.25. The van der Waals surface area contributed by atoms with Gasteiger partial charge < -0.3 is 14.5 Å². The van der Waals surface area contributed by atoms with E-state index in [9.17, 15) is 4.79 Å². The highest BCUT2D eigenvalue weighted by Gasteiger charge is 2.17. The first-order chi connectivity index (χ1) is 7.25. The summed E-state index contributed by atoms with van der Waals surface area (Å²) in [6.45, 7) is 1.35. The van der Waals surface area contributed by atoms with Crippen LogP contribution in [-0.4, -0.2) is 25.2 Å². The minimum atomic E-state index is -0.198. The predicted octanol–water partition coefficient (Wildman–Crippen LogP) is 1.95. The van der Waals surface area contributed by atoms with Gasteiger partial charge in [0, 0.05) is 13.2 Å². The third kappa shape index (κ3) is 2.82. The maximum atomic E-state index is 11.5. The number of rotatable bonds is 3. The number of furan rings is 1. The van der Waals surface area contributed by atoms with Gasteiger partial charge in [-0.1, -0.05) is 0 Å². The number of hydrogen-bond donors (Lipinski definition) is 1. The van der Waals surface area contributed by atoms with Crippen LogP contribution in [0, 0.1) is 0 Å². The maximum Gasteiger partial charge on any atom is 0.287 e. The Hall–Kier alpha value is -0.810. The standard InChI is InChI=1S/C10H12BrNO3/c11-9-4-3-8(15-9)10(13)12-6-7-2-1-5-14-7/h3-4,7H,1-2,5-6H2,(H,12,13)/t7-/m1/s1. The van der Waals surface area contributed by atoms with E-state index < -0.39 is 0 Å². The van der Waals surface area contributed by atoms with Gasteiger partial charge in [0.15, 0.2) is 10.4 Å². The molecule has 0 saturated carbocycles. The Labute approximate surface area is 96.1 Å². The van der Waals surface area contributed by atoms with Crippen LogP contribution in [0.4, 0.5) is 0 Å². The number of hydrogen-bond acceptors (Lipinski definition) is 3. The molecule has 0 spiro atoms. The Morgan fingerprint density at radius 2 is 2.47 bits per heavy atom. The van der Waals surface area contributed by atoms with Crippen molar-refractivity contribution >= 4 is 21.8 Å². The topological polar surface area (TPSA) is 51.5 Å². The zero-order valence-electron chi connectivity index (χ0n) is 8.16. The zero-order valence-corrected chi connectivity index (χ0v) is 9.75. The van der Waals surface area contributed by atoms with Crippen LogP contribution in [0.5, 0.6) is 0 Å². The molecule has 1 saturated heterocycles. The molecular formula is C10H12BrNO3. The van der Waals surface area contributed by atoms with Crippen molar-refractivity contribution in [1.29, 1.82) is 0 Å². The lowest BCUT2D eigenvalue weighted by atomic mass is 10.2. The number of carbonyl (C=O) groups is 1. The largest absolute Gasteiger partial charge is 0.444 e. The minimum Gasteiger partial charge on any atom is -0.444 e. The van der Waals surface area contributed by atoms with E-state index >= 15 is 0 Å². The summed E-state index contributed by atoms with van der Waals surface area (Å²) >= 11 is 3.15. The van der Waals surface area contributed by atoms with Gasteiger partial charge in [0.05, 0.1) is 6.10 Å². The zero-order chi connectivity index (χ0) is 10.7. The molecule has 2 heterocycles. The van der Waals surface area contributed by atoms with E-state index in [1.54, 1.807) is 12.1 Å². The van der Waals surface area contributed by atoms with Crippen LogP contribution in [0.3, 0.4) is 0 Å². The summed E-state index contributed by atoms with van der Waals surface area (Å²) in [5.74, 6) is 0.121. The quantitative estimate of drug-likeness (QED) is 0.916. The molecule has 1 aliphatic heterocycles. The fraction of sp³-hybridized carbons (Fsp3) is 0.500. The van der Waals surface area contributed by atoms with E-state index in [-0.39, 0.29) is 12.0 Å². The lowest BCUT2D eigenvalue weighted by Crippen LogP contribution is -2.31. The van der Waals surface area contributed by atoms with Crippen molar-refractivity contribution in [3.63, 3.8) is 0 Å². The van der Waals surface area contributed by atoms with Crippen molar-refractivity contribution < 1.29 is 13.9 Å². The maximum absolute atomic E-state index is 11.5. The number of amides is 1. The molecule has 0 radical (unpaired) electrons. The molecule has 4 nitrogen and oxygen atoms in total. The van der Waals surface area contributed by atoms with Crippen LogP contribution in [0.15, 0.2) is 21.2 Å². The van der Waals surface area contributed by atoms with E-state index in [0.717, 1.165) is 19.4 Å². The van der Waals surface area contributed by atoms with Gasteiger partial charge in [-0.15, -0.1) is 0 Å². The number of carbonyl (C=O) groups excluding carboxylic acids is 1. The van der Waals surface area contributed by atoms with Crippen molar-refractivity contribution in [3.8, 4) is 0 Å². The highest BCUT2D eigenvalue weighted by atomic mass is 79.9. The Balaban J connectivity index is 1.81. The van der Waals surface area contributed by atoms with E-state index in [0.29, 0.717) is 17.0 Å². The van der Waals surface area contributed by atoms with Crippen LogP contribution >= 0.6 is 15.9 Å². The van der Waals surface area contributed by atoms with Gasteiger partial charge in [-0.25, -0.2) is 0 Å². The van der Waals surface area contributed by atoms with Gasteiger partial charge in [-0.2, -0.15) is 0 Å². The molecule has 1 aliphatic rings. The third-order valence-electron chi connectivity index (χ3n) is 2.31. The van der Waals surface area contributed by atoms with Gasteiger partial charge in [-0.05, 0) is 40.9 Å². The van der Waals surface area contributed by atoms with Crippen molar-refractivity contribution in [2.24, 2.45) is 0 Å². The Kier molecular flexibility index (Phi) is 3.43. The molecule has 1 aromatic heterocycles. The fourth-order valence-corrected chi connectivity index (χ4v) is 1.84. The Morgan fingerprint density at radius 1 is 1.60 bits per heavy atom. The summed E-state index contributed by atoms with van der Waals surface area (Å²) in [5.41, 5.74) is 0. The molecule has 1 aromatic rings. The molecule has 0 bridgehead atoms. The molecule has 5 heteroatoms. The van der Waals surface area contributed by atoms with Crippen LogP contribution in [-0.2, 0) is 4.74 Å². The summed E-state index contributed by atoms with van der Waals surface area (Å²) in [5, 5.41) is 2.78. The van der Waals surface area contributed by atoms with Crippen LogP contribution in [0.25, 0.3) is 0 Å². The smallest absolute Gasteiger partial charge is 0.287 e. The molecule has 1 atom stereocenters. The lowest BCUT2D eigenvalue weighted by molar-refractivity contribution is 0.0834. The average Bonchev–Trinajstić information content (AvgIpc) is 2.84. The van der Waals surface area contributed by atoms with Crippen molar-refractivity contribution in [2.45, 2.75) is 18.9 Å². The van der Waals surface area contributed by atoms with E-state index in [4.69, 9.17) is 9.15 Å². The number of ether oxygens (including phenoxy) is 1. The van der Waals surface area contributed by atoms with Gasteiger partial charge in [0.1, 0.15) is 0 Å². The molecule has 1 amide bonds. The Morgan fingerprint density at radius 3 is 3.07 bits per heavy atom. The SMILES string of the molecule is O=C(NC[C@H]1CCCO1)c1ccc(Br)o1. The van der Waals surface area contributed by atoms with Crippen LogP contribution < -0.4 is 5.32 Å². The van der Waals surface area contributed by atoms with E-state index in [1.165, 1.54) is 0 Å². The molecular weight excluding hydrogens is 262 g/mol. The average molecular weight is 274 g/mol. The predicted molar refractivity (Wildman–Crippen MR) is 57.7 cm³/mol. The van der Waals surface area contributed by atoms with Crippen LogP contribution in [0.1, 0.15) is 23.4 Å². The molecule has 0 unspecified atom stereocenters. The normalized spacial score (nSPS) is 20.5. The third-order valence-corrected chi connectivity index (χ3v) is 2.74. The van der Waals surface area contributed by atoms with Gasteiger partial charge in [0.2, 0.25) is 0 Å². The minimum absolute atomic E-state index is 0.160. The summed E-state index contributed by atoms with van der Waals surface area (Å²) in [4.78, 5) is 11.5. The first-order valence-electron chi connectivity index (χ1n) is 4.91. The second-order valence-corrected chi connectivity index (χ2v) is 4.23. The monoisotopic (exact) mass is 273 g/mol. The molecule has 82 valence electrons. The highest BCUT2D eigenvalue weighted by Crippen LogP contribution is 2.14. The molecule has 0 aromatic carbocycles. The molecule has 0 aliphatic carbocycles. The Bertz CT molecular complexity index is 344. The van der Waals surface area contributed by atoms with Crippen LogP contribution in [0.2, 0.25) is 0 Å². The van der Waals surface area contributed by atoms with Crippen molar-refractivity contribution in [2.75, 3.05) is 13.2 Å². The molecule has 15 heavy (non-hydrogen) atoms. The molecule has 1 fully saturated rings. The first kappa shape index (κ1) is 10.7. The summed E-state index contributed by atoms with van der Waals surface area (Å²) in [6, 6.07) is 3.33. The van der Waals surface area contributed by atoms with Crippen molar-refractivity contribution in [3.05, 3.63) is 22.6 Å². The number of nitrogens with one attached hydrogen (secondary N) is 1. The lowest BCUT2D eigenvalue weighted by Gasteiger charge is -2.09. The van der Waals surface area contributed by atoms with Gasteiger partial charge in [-0.3, -0.25) is 4.79 Å². The highest BCUT2D eigenvalue weighted by molar-refractivity contribution is 9.10. The van der Waals surface area contributed by atoms with Gasteiger partial charge >= 0.3 is 0 Å². The summed E-state index contributed by atoms with van der Waals surface area (Å²) < 4.78 is 11.1. The van der Waals surface area contributed by atoms with E-state index in [2.05, 4.69) is 21.2 Å². The van der Waals surface area contributed by atoms with Gasteiger partial charge in [0.25, 0.3) is 5.91 Å². The van der Waals surface area contributed by atoms with E-state index in [1.807, 2.05) is 0 Å². The second-order valence-electron chi connectivity index (χ2n) is 3.45. The molecule has 1 N–H and O–H groups in total. The second kappa shape index (κ2) is 4.81.